The molecule has 1 fully saturated rings. The van der Waals surface area contributed by atoms with Crippen LogP contribution >= 0.6 is 0 Å². The van der Waals surface area contributed by atoms with Crippen molar-refractivity contribution < 1.29 is 23.7 Å². The van der Waals surface area contributed by atoms with Crippen LogP contribution in [0.2, 0.25) is 0 Å². The Balaban J connectivity index is 1.47. The summed E-state index contributed by atoms with van der Waals surface area (Å²) in [6.45, 7) is 5.91. The predicted octanol–water partition coefficient (Wildman–Crippen LogP) is 4.41. The van der Waals surface area contributed by atoms with E-state index in [9.17, 15) is 4.79 Å². The Morgan fingerprint density at radius 2 is 2.00 bits per heavy atom. The first-order chi connectivity index (χ1) is 15.2. The maximum absolute atomic E-state index is 13.0. The zero-order chi connectivity index (χ0) is 21.6. The monoisotopic (exact) mass is 421 g/mol. The largest absolute Gasteiger partial charge is 0.493 e. The Kier molecular flexibility index (Phi) is 6.46. The summed E-state index contributed by atoms with van der Waals surface area (Å²) in [5.41, 5.74) is 1.94. The molecule has 0 radical (unpaired) electrons. The summed E-state index contributed by atoms with van der Waals surface area (Å²) in [4.78, 5) is 14.9. The van der Waals surface area contributed by atoms with Crippen molar-refractivity contribution in [3.05, 3.63) is 66.3 Å². The van der Waals surface area contributed by atoms with Gasteiger partial charge in [0.2, 0.25) is 5.91 Å². The zero-order valence-corrected chi connectivity index (χ0v) is 17.7. The molecule has 1 saturated heterocycles. The van der Waals surface area contributed by atoms with Crippen molar-refractivity contribution in [2.45, 2.75) is 18.9 Å². The van der Waals surface area contributed by atoms with Gasteiger partial charge in [-0.2, -0.15) is 0 Å². The highest BCUT2D eigenvalue weighted by molar-refractivity contribution is 5.92. The minimum atomic E-state index is -0.0108. The molecule has 2 heterocycles. The highest BCUT2D eigenvalue weighted by Gasteiger charge is 2.29. The lowest BCUT2D eigenvalue weighted by Crippen LogP contribution is -2.29. The maximum atomic E-state index is 13.0. The van der Waals surface area contributed by atoms with E-state index in [4.69, 9.17) is 18.9 Å². The summed E-state index contributed by atoms with van der Waals surface area (Å²) in [5, 5.41) is 0. The summed E-state index contributed by atoms with van der Waals surface area (Å²) in [5.74, 6) is 2.77. The van der Waals surface area contributed by atoms with Crippen LogP contribution in [-0.2, 0) is 4.79 Å². The number of amides is 1. The number of rotatable bonds is 7. The molecule has 6 nitrogen and oxygen atoms in total. The topological polar surface area (TPSA) is 57.2 Å². The number of likely N-dealkylation sites (tertiary alicyclic amines) is 1. The molecule has 2 aliphatic heterocycles. The minimum absolute atomic E-state index is 0.0108. The molecule has 1 unspecified atom stereocenters. The lowest BCUT2D eigenvalue weighted by atomic mass is 10.0. The summed E-state index contributed by atoms with van der Waals surface area (Å²) < 4.78 is 22.3. The Morgan fingerprint density at radius 3 is 2.81 bits per heavy atom. The van der Waals surface area contributed by atoms with Crippen LogP contribution in [-0.4, -0.2) is 44.3 Å². The normalized spacial score (nSPS) is 17.6. The average Bonchev–Trinajstić information content (AvgIpc) is 3.31. The highest BCUT2D eigenvalue weighted by atomic mass is 16.6. The van der Waals surface area contributed by atoms with Crippen LogP contribution in [0.25, 0.3) is 6.08 Å². The molecule has 1 amide bonds. The van der Waals surface area contributed by atoms with E-state index in [2.05, 4.69) is 6.58 Å². The fraction of sp³-hybridized carbons (Fsp3) is 0.320. The highest BCUT2D eigenvalue weighted by Crippen LogP contribution is 2.38. The molecule has 162 valence electrons. The molecule has 0 aliphatic carbocycles. The molecule has 2 aliphatic rings. The molecular formula is C25H27NO5. The smallest absolute Gasteiger partial charge is 0.247 e. The van der Waals surface area contributed by atoms with Crippen LogP contribution in [0.4, 0.5) is 0 Å². The van der Waals surface area contributed by atoms with Gasteiger partial charge in [-0.25, -0.2) is 0 Å². The van der Waals surface area contributed by atoms with Gasteiger partial charge < -0.3 is 23.8 Å². The number of hydrogen-bond donors (Lipinski definition) is 0. The van der Waals surface area contributed by atoms with E-state index >= 15 is 0 Å². The number of nitrogens with zero attached hydrogens (tertiary/aromatic N) is 1. The summed E-state index contributed by atoms with van der Waals surface area (Å²) >= 11 is 0. The lowest BCUT2D eigenvalue weighted by Gasteiger charge is -2.26. The molecule has 2 aromatic rings. The van der Waals surface area contributed by atoms with Gasteiger partial charge in [-0.3, -0.25) is 4.79 Å². The predicted molar refractivity (Wildman–Crippen MR) is 119 cm³/mol. The minimum Gasteiger partial charge on any atom is -0.493 e. The molecule has 4 rings (SSSR count). The van der Waals surface area contributed by atoms with Crippen LogP contribution in [0, 0.1) is 0 Å². The first kappa shape index (κ1) is 20.8. The van der Waals surface area contributed by atoms with Gasteiger partial charge in [-0.05, 0) is 54.3 Å². The number of carbonyl (C=O) groups excluding carboxylic acids is 1. The van der Waals surface area contributed by atoms with Gasteiger partial charge >= 0.3 is 0 Å². The lowest BCUT2D eigenvalue weighted by molar-refractivity contribution is -0.126. The number of methoxy groups -OCH3 is 1. The third-order valence-corrected chi connectivity index (χ3v) is 5.45. The van der Waals surface area contributed by atoms with E-state index in [0.717, 1.165) is 42.0 Å². The Hall–Kier alpha value is -3.41. The van der Waals surface area contributed by atoms with Gasteiger partial charge in [0.1, 0.15) is 19.8 Å². The van der Waals surface area contributed by atoms with Gasteiger partial charge in [0, 0.05) is 12.6 Å². The molecular weight excluding hydrogens is 394 g/mol. The second-order valence-corrected chi connectivity index (χ2v) is 7.44. The third kappa shape index (κ3) is 4.68. The van der Waals surface area contributed by atoms with E-state index in [-0.39, 0.29) is 11.9 Å². The van der Waals surface area contributed by atoms with Crippen molar-refractivity contribution in [2.75, 3.05) is 33.5 Å². The van der Waals surface area contributed by atoms with Crippen LogP contribution in [0.1, 0.15) is 30.0 Å². The molecule has 0 spiro atoms. The molecule has 2 aromatic carbocycles. The Labute approximate surface area is 182 Å². The number of ether oxygens (including phenoxy) is 4. The van der Waals surface area contributed by atoms with Crippen LogP contribution in [0.15, 0.2) is 55.1 Å². The summed E-state index contributed by atoms with van der Waals surface area (Å²) in [6.07, 6.45) is 7.01. The Bertz CT molecular complexity index is 984. The third-order valence-electron chi connectivity index (χ3n) is 5.45. The van der Waals surface area contributed by atoms with Gasteiger partial charge in [0.25, 0.3) is 0 Å². The van der Waals surface area contributed by atoms with Crippen molar-refractivity contribution in [3.63, 3.8) is 0 Å². The molecule has 31 heavy (non-hydrogen) atoms. The van der Waals surface area contributed by atoms with Crippen LogP contribution in [0.5, 0.6) is 23.0 Å². The molecule has 0 saturated carbocycles. The molecule has 6 heteroatoms. The molecule has 0 N–H and O–H groups in total. The number of fused-ring (bicyclic) bond motifs is 1. The van der Waals surface area contributed by atoms with Gasteiger partial charge in [-0.15, -0.1) is 0 Å². The fourth-order valence-corrected chi connectivity index (χ4v) is 3.96. The van der Waals surface area contributed by atoms with Crippen molar-refractivity contribution in [3.8, 4) is 23.0 Å². The molecule has 0 aromatic heterocycles. The second-order valence-electron chi connectivity index (χ2n) is 7.44. The second kappa shape index (κ2) is 9.60. The van der Waals surface area contributed by atoms with Crippen molar-refractivity contribution in [1.29, 1.82) is 0 Å². The van der Waals surface area contributed by atoms with Crippen LogP contribution in [0.3, 0.4) is 0 Å². The standard InChI is InChI=1S/C25H27NO5/c1-3-13-29-21-9-6-18(16-23(21)28-2)7-11-25(27)26-12-4-5-20(26)19-8-10-22-24(17-19)31-15-14-30-22/h3,6-11,16-17,20H,1,4-5,12-15H2,2H3/b11-7+. The summed E-state index contributed by atoms with van der Waals surface area (Å²) in [7, 11) is 1.59. The Morgan fingerprint density at radius 1 is 1.16 bits per heavy atom. The summed E-state index contributed by atoms with van der Waals surface area (Å²) in [6, 6.07) is 11.6. The van der Waals surface area contributed by atoms with Crippen molar-refractivity contribution >= 4 is 12.0 Å². The zero-order valence-electron chi connectivity index (χ0n) is 17.7. The van der Waals surface area contributed by atoms with E-state index in [1.807, 2.05) is 41.3 Å². The van der Waals surface area contributed by atoms with Gasteiger partial charge in [0.05, 0.1) is 13.2 Å². The van der Waals surface area contributed by atoms with Gasteiger partial charge in [-0.1, -0.05) is 24.8 Å². The van der Waals surface area contributed by atoms with E-state index in [1.165, 1.54) is 0 Å². The average molecular weight is 421 g/mol. The fourth-order valence-electron chi connectivity index (χ4n) is 3.96. The van der Waals surface area contributed by atoms with E-state index in [0.29, 0.717) is 31.3 Å². The first-order valence-electron chi connectivity index (χ1n) is 10.5. The van der Waals surface area contributed by atoms with E-state index in [1.54, 1.807) is 25.3 Å². The van der Waals surface area contributed by atoms with Gasteiger partial charge in [0.15, 0.2) is 23.0 Å². The first-order valence-corrected chi connectivity index (χ1v) is 10.5. The van der Waals surface area contributed by atoms with Crippen molar-refractivity contribution in [2.24, 2.45) is 0 Å². The number of benzene rings is 2. The number of hydrogen-bond acceptors (Lipinski definition) is 5. The SMILES string of the molecule is C=CCOc1ccc(/C=C/C(=O)N2CCCC2c2ccc3c(c2)OCCO3)cc1OC. The van der Waals surface area contributed by atoms with E-state index < -0.39 is 0 Å². The quantitative estimate of drug-likeness (QED) is 0.490. The van der Waals surface area contributed by atoms with Crippen LogP contribution < -0.4 is 18.9 Å². The number of carbonyl (C=O) groups is 1. The maximum Gasteiger partial charge on any atom is 0.247 e. The van der Waals surface area contributed by atoms with Crippen molar-refractivity contribution in [1.82, 2.24) is 4.90 Å². The molecule has 1 atom stereocenters. The molecule has 0 bridgehead atoms.